The van der Waals surface area contributed by atoms with E-state index in [0.717, 1.165) is 0 Å². The average molecular weight is 270 g/mol. The van der Waals surface area contributed by atoms with Gasteiger partial charge in [0.05, 0.1) is 24.6 Å². The molecule has 0 bridgehead atoms. The van der Waals surface area contributed by atoms with Crippen molar-refractivity contribution in [1.29, 1.82) is 0 Å². The predicted octanol–water partition coefficient (Wildman–Crippen LogP) is 0.514. The normalized spacial score (nSPS) is 10.5. The van der Waals surface area contributed by atoms with Crippen LogP contribution in [-0.2, 0) is 16.1 Å². The quantitative estimate of drug-likeness (QED) is 0.626. The van der Waals surface area contributed by atoms with Crippen molar-refractivity contribution in [3.8, 4) is 0 Å². The highest BCUT2D eigenvalue weighted by atomic mass is 16.5. The summed E-state index contributed by atoms with van der Waals surface area (Å²) in [5.74, 6) is -0.995. The topological polar surface area (TPSA) is 105 Å². The third kappa shape index (κ3) is 6.41. The van der Waals surface area contributed by atoms with E-state index in [2.05, 4.69) is 15.7 Å². The minimum Gasteiger partial charge on any atom is -0.480 e. The number of aromatic nitrogens is 2. The Kier molecular flexibility index (Phi) is 5.80. The van der Waals surface area contributed by atoms with Gasteiger partial charge >= 0.3 is 12.0 Å². The monoisotopic (exact) mass is 270 g/mol. The number of hydrogen-bond donors (Lipinski definition) is 3. The van der Waals surface area contributed by atoms with Crippen LogP contribution in [0.2, 0.25) is 0 Å². The molecule has 0 atom stereocenters. The molecule has 1 aromatic heterocycles. The molecule has 8 nitrogen and oxygen atoms in total. The van der Waals surface area contributed by atoms with Gasteiger partial charge in [-0.05, 0) is 13.8 Å². The highest BCUT2D eigenvalue weighted by Gasteiger charge is 2.05. The van der Waals surface area contributed by atoms with E-state index in [9.17, 15) is 9.59 Å². The van der Waals surface area contributed by atoms with Crippen LogP contribution < -0.4 is 10.6 Å². The Morgan fingerprint density at radius 3 is 2.89 bits per heavy atom. The van der Waals surface area contributed by atoms with Gasteiger partial charge in [0.25, 0.3) is 0 Å². The summed E-state index contributed by atoms with van der Waals surface area (Å²) in [6.45, 7) is 4.41. The number of carboxylic acids is 1. The van der Waals surface area contributed by atoms with Gasteiger partial charge in [0.2, 0.25) is 0 Å². The second-order valence-corrected chi connectivity index (χ2v) is 4.12. The van der Waals surface area contributed by atoms with E-state index in [1.54, 1.807) is 0 Å². The molecule has 2 amide bonds. The third-order valence-corrected chi connectivity index (χ3v) is 2.03. The molecule has 0 unspecified atom stereocenters. The van der Waals surface area contributed by atoms with Crippen molar-refractivity contribution in [3.63, 3.8) is 0 Å². The van der Waals surface area contributed by atoms with Gasteiger partial charge in [-0.3, -0.25) is 9.48 Å². The van der Waals surface area contributed by atoms with Gasteiger partial charge in [-0.25, -0.2) is 4.79 Å². The Balaban J connectivity index is 2.28. The number of carbonyl (C=O) groups is 2. The van der Waals surface area contributed by atoms with Crippen LogP contribution >= 0.6 is 0 Å². The van der Waals surface area contributed by atoms with E-state index in [0.29, 0.717) is 18.8 Å². The lowest BCUT2D eigenvalue weighted by Crippen LogP contribution is -2.32. The second kappa shape index (κ2) is 7.37. The van der Waals surface area contributed by atoms with E-state index < -0.39 is 5.97 Å². The van der Waals surface area contributed by atoms with E-state index in [4.69, 9.17) is 9.84 Å². The van der Waals surface area contributed by atoms with Gasteiger partial charge in [0, 0.05) is 12.7 Å². The number of anilines is 1. The van der Waals surface area contributed by atoms with Gasteiger partial charge in [0.15, 0.2) is 0 Å². The standard InChI is InChI=1S/C11H18N4O4/c1-8(2)19-4-3-12-11(18)14-9-5-13-15(6-9)7-10(16)17/h5-6,8H,3-4,7H2,1-2H3,(H,16,17)(H2,12,14,18). The van der Waals surface area contributed by atoms with E-state index >= 15 is 0 Å². The molecule has 0 aromatic carbocycles. The van der Waals surface area contributed by atoms with Crippen LogP contribution in [0.25, 0.3) is 0 Å². The van der Waals surface area contributed by atoms with Crippen LogP contribution in [0, 0.1) is 0 Å². The van der Waals surface area contributed by atoms with Crippen LogP contribution in [0.4, 0.5) is 10.5 Å². The van der Waals surface area contributed by atoms with E-state index in [-0.39, 0.29) is 18.7 Å². The summed E-state index contributed by atoms with van der Waals surface area (Å²) in [5, 5.41) is 17.5. The number of urea groups is 1. The summed E-state index contributed by atoms with van der Waals surface area (Å²) in [6.07, 6.45) is 2.95. The fourth-order valence-corrected chi connectivity index (χ4v) is 1.29. The molecule has 0 spiro atoms. The minimum atomic E-state index is -0.995. The van der Waals surface area contributed by atoms with E-state index in [1.165, 1.54) is 17.1 Å². The number of rotatable bonds is 7. The molecule has 8 heteroatoms. The lowest BCUT2D eigenvalue weighted by atomic mass is 10.5. The zero-order valence-corrected chi connectivity index (χ0v) is 10.9. The summed E-state index contributed by atoms with van der Waals surface area (Å²) in [4.78, 5) is 21.9. The van der Waals surface area contributed by atoms with Crippen LogP contribution in [0.5, 0.6) is 0 Å². The van der Waals surface area contributed by atoms with E-state index in [1.807, 2.05) is 13.8 Å². The number of amides is 2. The zero-order chi connectivity index (χ0) is 14.3. The smallest absolute Gasteiger partial charge is 0.325 e. The molecule has 0 fully saturated rings. The molecule has 0 saturated heterocycles. The van der Waals surface area contributed by atoms with Gasteiger partial charge < -0.3 is 20.5 Å². The Hall–Kier alpha value is -2.09. The van der Waals surface area contributed by atoms with Crippen molar-refractivity contribution in [2.24, 2.45) is 0 Å². The summed E-state index contributed by atoms with van der Waals surface area (Å²) in [7, 11) is 0. The van der Waals surface area contributed by atoms with Crippen molar-refractivity contribution in [2.45, 2.75) is 26.5 Å². The Labute approximate surface area is 110 Å². The Morgan fingerprint density at radius 1 is 1.53 bits per heavy atom. The number of aliphatic carboxylic acids is 1. The fraction of sp³-hybridized carbons (Fsp3) is 0.545. The van der Waals surface area contributed by atoms with Crippen molar-refractivity contribution in [2.75, 3.05) is 18.5 Å². The maximum Gasteiger partial charge on any atom is 0.325 e. The van der Waals surface area contributed by atoms with Crippen molar-refractivity contribution in [1.82, 2.24) is 15.1 Å². The number of hydrogen-bond acceptors (Lipinski definition) is 4. The van der Waals surface area contributed by atoms with Crippen LogP contribution in [0.1, 0.15) is 13.8 Å². The Bertz CT molecular complexity index is 430. The Morgan fingerprint density at radius 2 is 2.26 bits per heavy atom. The van der Waals surface area contributed by atoms with Crippen LogP contribution in [-0.4, -0.2) is 46.1 Å². The molecule has 0 saturated carbocycles. The third-order valence-electron chi connectivity index (χ3n) is 2.03. The fourth-order valence-electron chi connectivity index (χ4n) is 1.29. The van der Waals surface area contributed by atoms with Gasteiger partial charge in [0.1, 0.15) is 6.54 Å². The summed E-state index contributed by atoms with van der Waals surface area (Å²) < 4.78 is 6.49. The van der Waals surface area contributed by atoms with Crippen LogP contribution in [0.15, 0.2) is 12.4 Å². The number of nitrogens with zero attached hydrogens (tertiary/aromatic N) is 2. The van der Waals surface area contributed by atoms with Crippen molar-refractivity contribution < 1.29 is 19.4 Å². The number of carbonyl (C=O) groups excluding carboxylic acids is 1. The second-order valence-electron chi connectivity index (χ2n) is 4.12. The first-order valence-corrected chi connectivity index (χ1v) is 5.88. The highest BCUT2D eigenvalue weighted by molar-refractivity contribution is 5.88. The maximum absolute atomic E-state index is 11.5. The van der Waals surface area contributed by atoms with Gasteiger partial charge in [-0.15, -0.1) is 0 Å². The van der Waals surface area contributed by atoms with Gasteiger partial charge in [-0.1, -0.05) is 0 Å². The number of nitrogens with one attached hydrogen (secondary N) is 2. The summed E-state index contributed by atoms with van der Waals surface area (Å²) in [5.41, 5.74) is 0.434. The molecular weight excluding hydrogens is 252 g/mol. The largest absolute Gasteiger partial charge is 0.480 e. The molecule has 1 aromatic rings. The maximum atomic E-state index is 11.5. The molecule has 0 aliphatic heterocycles. The average Bonchev–Trinajstić information content (AvgIpc) is 2.70. The molecule has 106 valence electrons. The molecule has 0 aliphatic rings. The summed E-state index contributed by atoms with van der Waals surface area (Å²) >= 11 is 0. The first-order valence-electron chi connectivity index (χ1n) is 5.88. The molecule has 1 rings (SSSR count). The predicted molar refractivity (Wildman–Crippen MR) is 68.0 cm³/mol. The lowest BCUT2D eigenvalue weighted by Gasteiger charge is -2.08. The number of ether oxygens (including phenoxy) is 1. The van der Waals surface area contributed by atoms with Crippen molar-refractivity contribution >= 4 is 17.7 Å². The molecule has 3 N–H and O–H groups in total. The summed E-state index contributed by atoms with van der Waals surface area (Å²) in [6, 6.07) is -0.387. The first-order chi connectivity index (χ1) is 8.97. The molecule has 1 heterocycles. The van der Waals surface area contributed by atoms with Crippen molar-refractivity contribution in [3.05, 3.63) is 12.4 Å². The number of carboxylic acid groups (broad SMARTS) is 1. The lowest BCUT2D eigenvalue weighted by molar-refractivity contribution is -0.137. The minimum absolute atomic E-state index is 0.124. The zero-order valence-electron chi connectivity index (χ0n) is 10.9. The van der Waals surface area contributed by atoms with Gasteiger partial charge in [-0.2, -0.15) is 5.10 Å². The highest BCUT2D eigenvalue weighted by Crippen LogP contribution is 2.04. The van der Waals surface area contributed by atoms with Crippen LogP contribution in [0.3, 0.4) is 0 Å². The first kappa shape index (κ1) is 15.0. The molecule has 19 heavy (non-hydrogen) atoms. The molecule has 0 radical (unpaired) electrons. The molecular formula is C11H18N4O4. The molecule has 0 aliphatic carbocycles. The SMILES string of the molecule is CC(C)OCCNC(=O)Nc1cnn(CC(=O)O)c1.